The van der Waals surface area contributed by atoms with Gasteiger partial charge in [0, 0.05) is 18.0 Å². The molecule has 2 aliphatic heterocycles. The molecule has 2 heterocycles. The second-order valence-electron chi connectivity index (χ2n) is 8.08. The van der Waals surface area contributed by atoms with E-state index in [0.29, 0.717) is 12.1 Å². The zero-order valence-electron chi connectivity index (χ0n) is 16.3. The molecule has 4 rings (SSSR count). The van der Waals surface area contributed by atoms with Gasteiger partial charge in [0.25, 0.3) is 0 Å². The predicted molar refractivity (Wildman–Crippen MR) is 108 cm³/mol. The molecule has 2 unspecified atom stereocenters. The Labute approximate surface area is 162 Å². The Morgan fingerprint density at radius 3 is 2.33 bits per heavy atom. The van der Waals surface area contributed by atoms with Crippen LogP contribution in [0.1, 0.15) is 41.9 Å². The van der Waals surface area contributed by atoms with Crippen molar-refractivity contribution < 1.29 is 9.53 Å². The zero-order chi connectivity index (χ0) is 18.8. The highest BCUT2D eigenvalue weighted by Gasteiger charge is 2.49. The fourth-order valence-corrected chi connectivity index (χ4v) is 5.13. The molecule has 2 fully saturated rings. The van der Waals surface area contributed by atoms with E-state index in [2.05, 4.69) is 66.5 Å². The highest BCUT2D eigenvalue weighted by molar-refractivity contribution is 5.75. The lowest BCUT2D eigenvalue weighted by Gasteiger charge is -2.41. The van der Waals surface area contributed by atoms with E-state index in [0.717, 1.165) is 25.7 Å². The Balaban J connectivity index is 1.49. The second kappa shape index (κ2) is 7.85. The SMILES string of the molecule is COC(=O)[C@@H]1C2CCC(C[C@@H]1c1ccc(CCc3ccccc3)cc1)N2C. The third kappa shape index (κ3) is 3.66. The molecule has 0 saturated carbocycles. The number of ether oxygens (including phenoxy) is 1. The van der Waals surface area contributed by atoms with E-state index in [-0.39, 0.29) is 17.8 Å². The van der Waals surface area contributed by atoms with Crippen molar-refractivity contribution in [2.24, 2.45) is 5.92 Å². The first kappa shape index (κ1) is 18.2. The summed E-state index contributed by atoms with van der Waals surface area (Å²) >= 11 is 0. The lowest BCUT2D eigenvalue weighted by Crippen LogP contribution is -2.49. The molecular weight excluding hydrogens is 334 g/mol. The van der Waals surface area contributed by atoms with Gasteiger partial charge in [0.05, 0.1) is 13.0 Å². The number of piperidine rings is 1. The molecule has 0 radical (unpaired) electrons. The molecule has 2 aliphatic rings. The number of carbonyl (C=O) groups is 1. The summed E-state index contributed by atoms with van der Waals surface area (Å²) in [5.41, 5.74) is 4.02. The first-order valence-corrected chi connectivity index (χ1v) is 10.1. The smallest absolute Gasteiger partial charge is 0.310 e. The molecule has 0 aromatic heterocycles. The summed E-state index contributed by atoms with van der Waals surface area (Å²) in [7, 11) is 3.69. The molecule has 2 bridgehead atoms. The molecule has 0 N–H and O–H groups in total. The number of benzene rings is 2. The lowest BCUT2D eigenvalue weighted by molar-refractivity contribution is -0.150. The predicted octanol–water partition coefficient (Wildman–Crippen LogP) is 4.21. The maximum atomic E-state index is 12.6. The Kier molecular flexibility index (Phi) is 5.31. The van der Waals surface area contributed by atoms with Gasteiger partial charge in [-0.1, -0.05) is 54.6 Å². The van der Waals surface area contributed by atoms with Crippen molar-refractivity contribution in [2.45, 2.75) is 50.1 Å². The molecular formula is C24H29NO2. The van der Waals surface area contributed by atoms with Crippen molar-refractivity contribution in [2.75, 3.05) is 14.2 Å². The number of fused-ring (bicyclic) bond motifs is 2. The zero-order valence-corrected chi connectivity index (χ0v) is 16.3. The van der Waals surface area contributed by atoms with Crippen LogP contribution in [0.25, 0.3) is 0 Å². The van der Waals surface area contributed by atoms with Crippen LogP contribution in [0.5, 0.6) is 0 Å². The van der Waals surface area contributed by atoms with Crippen LogP contribution in [0, 0.1) is 5.92 Å². The maximum Gasteiger partial charge on any atom is 0.310 e. The van der Waals surface area contributed by atoms with Crippen LogP contribution in [0.2, 0.25) is 0 Å². The highest BCUT2D eigenvalue weighted by Crippen LogP contribution is 2.46. The maximum absolute atomic E-state index is 12.6. The standard InChI is InChI=1S/C24H29NO2/c1-25-20-14-15-22(25)23(24(26)27-2)21(16-20)19-12-10-18(11-13-19)9-8-17-6-4-3-5-7-17/h3-7,10-13,20-23H,8-9,14-16H2,1-2H3/t20?,21-,22?,23+/m1/s1. The van der Waals surface area contributed by atoms with Crippen molar-refractivity contribution in [3.8, 4) is 0 Å². The van der Waals surface area contributed by atoms with Crippen molar-refractivity contribution in [1.82, 2.24) is 4.90 Å². The van der Waals surface area contributed by atoms with Gasteiger partial charge in [-0.15, -0.1) is 0 Å². The van der Waals surface area contributed by atoms with Crippen LogP contribution in [0.3, 0.4) is 0 Å². The van der Waals surface area contributed by atoms with E-state index >= 15 is 0 Å². The molecule has 2 aromatic rings. The minimum absolute atomic E-state index is 0.0473. The summed E-state index contributed by atoms with van der Waals surface area (Å²) in [6.07, 6.45) is 5.45. The van der Waals surface area contributed by atoms with E-state index in [4.69, 9.17) is 4.74 Å². The molecule has 0 amide bonds. The third-order valence-corrected chi connectivity index (χ3v) is 6.70. The summed E-state index contributed by atoms with van der Waals surface area (Å²) < 4.78 is 5.19. The molecule has 0 spiro atoms. The quantitative estimate of drug-likeness (QED) is 0.745. The Bertz CT molecular complexity index is 771. The van der Waals surface area contributed by atoms with Gasteiger partial charge in [0.2, 0.25) is 0 Å². The van der Waals surface area contributed by atoms with Crippen LogP contribution >= 0.6 is 0 Å². The van der Waals surface area contributed by atoms with Crippen molar-refractivity contribution in [3.63, 3.8) is 0 Å². The third-order valence-electron chi connectivity index (χ3n) is 6.70. The Morgan fingerprint density at radius 1 is 1.00 bits per heavy atom. The summed E-state index contributed by atoms with van der Waals surface area (Å²) in [4.78, 5) is 15.0. The molecule has 27 heavy (non-hydrogen) atoms. The summed E-state index contributed by atoms with van der Waals surface area (Å²) in [5.74, 6) is 0.175. The number of rotatable bonds is 5. The molecule has 3 nitrogen and oxygen atoms in total. The number of hydrogen-bond donors (Lipinski definition) is 0. The van der Waals surface area contributed by atoms with Crippen LogP contribution in [-0.4, -0.2) is 37.1 Å². The van der Waals surface area contributed by atoms with Gasteiger partial charge < -0.3 is 4.74 Å². The van der Waals surface area contributed by atoms with E-state index in [1.54, 1.807) is 0 Å². The minimum atomic E-state index is -0.0506. The van der Waals surface area contributed by atoms with E-state index in [1.807, 2.05) is 0 Å². The largest absolute Gasteiger partial charge is 0.469 e. The van der Waals surface area contributed by atoms with Gasteiger partial charge in [-0.3, -0.25) is 9.69 Å². The van der Waals surface area contributed by atoms with Gasteiger partial charge in [0.1, 0.15) is 0 Å². The van der Waals surface area contributed by atoms with Crippen molar-refractivity contribution >= 4 is 5.97 Å². The van der Waals surface area contributed by atoms with Gasteiger partial charge in [0.15, 0.2) is 0 Å². The normalized spacial score (nSPS) is 27.5. The average molecular weight is 364 g/mol. The van der Waals surface area contributed by atoms with E-state index in [1.165, 1.54) is 30.2 Å². The topological polar surface area (TPSA) is 29.5 Å². The van der Waals surface area contributed by atoms with Gasteiger partial charge in [-0.2, -0.15) is 0 Å². The molecule has 2 aromatic carbocycles. The van der Waals surface area contributed by atoms with Gasteiger partial charge >= 0.3 is 5.97 Å². The summed E-state index contributed by atoms with van der Waals surface area (Å²) in [6.45, 7) is 0. The van der Waals surface area contributed by atoms with Crippen LogP contribution in [-0.2, 0) is 22.4 Å². The molecule has 2 saturated heterocycles. The van der Waals surface area contributed by atoms with Crippen molar-refractivity contribution in [3.05, 3.63) is 71.3 Å². The van der Waals surface area contributed by atoms with Gasteiger partial charge in [-0.05, 0) is 55.8 Å². The number of carbonyl (C=O) groups excluding carboxylic acids is 1. The van der Waals surface area contributed by atoms with Gasteiger partial charge in [-0.25, -0.2) is 0 Å². The molecule has 0 aliphatic carbocycles. The lowest BCUT2D eigenvalue weighted by atomic mass is 9.76. The molecule has 3 heteroatoms. The monoisotopic (exact) mass is 363 g/mol. The number of aryl methyl sites for hydroxylation is 2. The van der Waals surface area contributed by atoms with Crippen LogP contribution in [0.15, 0.2) is 54.6 Å². The summed E-state index contributed by atoms with van der Waals surface area (Å²) in [5, 5.41) is 0. The minimum Gasteiger partial charge on any atom is -0.469 e. The van der Waals surface area contributed by atoms with Crippen LogP contribution < -0.4 is 0 Å². The number of hydrogen-bond acceptors (Lipinski definition) is 3. The Morgan fingerprint density at radius 2 is 1.67 bits per heavy atom. The number of methoxy groups -OCH3 is 1. The fraction of sp³-hybridized carbons (Fsp3) is 0.458. The average Bonchev–Trinajstić information content (AvgIpc) is 2.95. The first-order valence-electron chi connectivity index (χ1n) is 10.1. The highest BCUT2D eigenvalue weighted by atomic mass is 16.5. The summed E-state index contributed by atoms with van der Waals surface area (Å²) in [6, 6.07) is 20.5. The first-order chi connectivity index (χ1) is 13.2. The van der Waals surface area contributed by atoms with E-state index in [9.17, 15) is 4.79 Å². The fourth-order valence-electron chi connectivity index (χ4n) is 5.13. The Hall–Kier alpha value is -2.13. The van der Waals surface area contributed by atoms with Crippen LogP contribution in [0.4, 0.5) is 0 Å². The number of nitrogens with zero attached hydrogens (tertiary/aromatic N) is 1. The number of esters is 1. The van der Waals surface area contributed by atoms with Crippen molar-refractivity contribution in [1.29, 1.82) is 0 Å². The molecule has 142 valence electrons. The van der Waals surface area contributed by atoms with E-state index < -0.39 is 0 Å². The second-order valence-corrected chi connectivity index (χ2v) is 8.08. The molecule has 4 atom stereocenters.